The van der Waals surface area contributed by atoms with Gasteiger partial charge in [0.15, 0.2) is 0 Å². The number of likely N-dealkylation sites (N-methyl/N-ethyl adjacent to an activating group) is 1. The van der Waals surface area contributed by atoms with Gasteiger partial charge in [0.25, 0.3) is 0 Å². The predicted octanol–water partition coefficient (Wildman–Crippen LogP) is 2.54. The molecule has 3 heteroatoms. The van der Waals surface area contributed by atoms with Crippen molar-refractivity contribution in [2.24, 2.45) is 5.73 Å². The van der Waals surface area contributed by atoms with Crippen LogP contribution >= 0.6 is 0 Å². The number of hydrogen-bond donors (Lipinski definition) is 1. The van der Waals surface area contributed by atoms with Gasteiger partial charge in [0.05, 0.1) is 11.6 Å². The molecule has 0 aromatic carbocycles. The minimum absolute atomic E-state index is 0.108. The Morgan fingerprint density at radius 3 is 2.39 bits per heavy atom. The van der Waals surface area contributed by atoms with Gasteiger partial charge in [-0.25, -0.2) is 0 Å². The molecule has 18 heavy (non-hydrogen) atoms. The minimum atomic E-state index is 0.108. The van der Waals surface area contributed by atoms with Crippen LogP contribution in [0.1, 0.15) is 58.3 Å². The molecule has 0 aliphatic heterocycles. The summed E-state index contributed by atoms with van der Waals surface area (Å²) in [5, 5.41) is 0. The smallest absolute Gasteiger partial charge is 0.0767 e. The third kappa shape index (κ3) is 2.45. The van der Waals surface area contributed by atoms with E-state index in [-0.39, 0.29) is 5.54 Å². The molecule has 0 amide bonds. The average molecular weight is 254 g/mol. The van der Waals surface area contributed by atoms with Crippen LogP contribution in [0, 0.1) is 0 Å². The Balaban J connectivity index is 2.20. The van der Waals surface area contributed by atoms with Gasteiger partial charge in [0.2, 0.25) is 0 Å². The second kappa shape index (κ2) is 6.36. The van der Waals surface area contributed by atoms with E-state index in [0.717, 1.165) is 19.1 Å². The van der Waals surface area contributed by atoms with Gasteiger partial charge in [-0.2, -0.15) is 0 Å². The first-order valence-electron chi connectivity index (χ1n) is 7.78. The molecule has 2 unspecified atom stereocenters. The van der Waals surface area contributed by atoms with Gasteiger partial charge in [-0.3, -0.25) is 4.90 Å². The Bertz CT molecular complexity index is 253. The van der Waals surface area contributed by atoms with Gasteiger partial charge in [-0.05, 0) is 32.2 Å². The zero-order chi connectivity index (χ0) is 13.0. The highest BCUT2D eigenvalue weighted by atomic mass is 16.5. The molecule has 0 spiro atoms. The summed E-state index contributed by atoms with van der Waals surface area (Å²) in [6, 6.07) is 0.745. The van der Waals surface area contributed by atoms with E-state index in [1.54, 1.807) is 0 Å². The van der Waals surface area contributed by atoms with E-state index in [1.807, 2.05) is 7.11 Å². The molecule has 106 valence electrons. The van der Waals surface area contributed by atoms with Crippen molar-refractivity contribution >= 4 is 0 Å². The molecule has 0 bridgehead atoms. The molecule has 2 aliphatic carbocycles. The van der Waals surface area contributed by atoms with Crippen molar-refractivity contribution in [3.05, 3.63) is 0 Å². The Kier molecular flexibility index (Phi) is 5.05. The monoisotopic (exact) mass is 254 g/mol. The Hall–Kier alpha value is -0.120. The molecule has 3 nitrogen and oxygen atoms in total. The molecule has 2 saturated carbocycles. The largest absolute Gasteiger partial charge is 0.379 e. The summed E-state index contributed by atoms with van der Waals surface area (Å²) in [6.45, 7) is 4.15. The second-order valence-corrected chi connectivity index (χ2v) is 6.00. The SMILES string of the molecule is CCN(C1CCCC1)C1(CN)CCCCC1OC. The zero-order valence-corrected chi connectivity index (χ0v) is 12.2. The van der Waals surface area contributed by atoms with Crippen molar-refractivity contribution in [3.63, 3.8) is 0 Å². The summed E-state index contributed by atoms with van der Waals surface area (Å²) in [5.41, 5.74) is 6.33. The van der Waals surface area contributed by atoms with Crippen molar-refractivity contribution in [3.8, 4) is 0 Å². The Labute approximate surface area is 112 Å². The lowest BCUT2D eigenvalue weighted by molar-refractivity contribution is -0.0890. The van der Waals surface area contributed by atoms with Crippen LogP contribution < -0.4 is 5.73 Å². The van der Waals surface area contributed by atoms with Gasteiger partial charge >= 0.3 is 0 Å². The molecule has 2 atom stereocenters. The molecule has 0 aromatic heterocycles. The van der Waals surface area contributed by atoms with Crippen LogP contribution in [-0.4, -0.2) is 42.8 Å². The van der Waals surface area contributed by atoms with E-state index >= 15 is 0 Å². The topological polar surface area (TPSA) is 38.5 Å². The molecule has 0 heterocycles. The van der Waals surface area contributed by atoms with Crippen LogP contribution in [0.4, 0.5) is 0 Å². The lowest BCUT2D eigenvalue weighted by Gasteiger charge is -2.52. The predicted molar refractivity (Wildman–Crippen MR) is 75.7 cm³/mol. The molecule has 2 aliphatic rings. The summed E-state index contributed by atoms with van der Waals surface area (Å²) in [7, 11) is 1.86. The van der Waals surface area contributed by atoms with E-state index in [2.05, 4.69) is 11.8 Å². The quantitative estimate of drug-likeness (QED) is 0.819. The summed E-state index contributed by atoms with van der Waals surface area (Å²) >= 11 is 0. The standard InChI is InChI=1S/C15H30N2O/c1-3-17(13-8-4-5-9-13)15(12-16)11-7-6-10-14(15)18-2/h13-14H,3-12,16H2,1-2H3. The number of ether oxygens (including phenoxy) is 1. The highest BCUT2D eigenvalue weighted by Crippen LogP contribution is 2.39. The van der Waals surface area contributed by atoms with E-state index < -0.39 is 0 Å². The van der Waals surface area contributed by atoms with E-state index in [4.69, 9.17) is 10.5 Å². The molecular weight excluding hydrogens is 224 g/mol. The van der Waals surface area contributed by atoms with Gasteiger partial charge < -0.3 is 10.5 Å². The Morgan fingerprint density at radius 1 is 1.17 bits per heavy atom. The fraction of sp³-hybridized carbons (Fsp3) is 1.00. The maximum Gasteiger partial charge on any atom is 0.0767 e. The molecular formula is C15H30N2O. The summed E-state index contributed by atoms with van der Waals surface area (Å²) in [5.74, 6) is 0. The second-order valence-electron chi connectivity index (χ2n) is 6.00. The average Bonchev–Trinajstić information content (AvgIpc) is 2.93. The van der Waals surface area contributed by atoms with Crippen LogP contribution in [0.25, 0.3) is 0 Å². The van der Waals surface area contributed by atoms with Gasteiger partial charge in [0.1, 0.15) is 0 Å². The van der Waals surface area contributed by atoms with Crippen LogP contribution in [-0.2, 0) is 4.74 Å². The van der Waals surface area contributed by atoms with Crippen LogP contribution in [0.3, 0.4) is 0 Å². The molecule has 0 aromatic rings. The van der Waals surface area contributed by atoms with Crippen molar-refractivity contribution in [2.45, 2.75) is 76.0 Å². The fourth-order valence-corrected chi connectivity index (χ4v) is 4.36. The zero-order valence-electron chi connectivity index (χ0n) is 12.2. The highest BCUT2D eigenvalue weighted by Gasteiger charge is 2.46. The van der Waals surface area contributed by atoms with Crippen molar-refractivity contribution in [2.75, 3.05) is 20.2 Å². The van der Waals surface area contributed by atoms with Crippen molar-refractivity contribution < 1.29 is 4.74 Å². The number of nitrogens with two attached hydrogens (primary N) is 1. The van der Waals surface area contributed by atoms with Crippen molar-refractivity contribution in [1.29, 1.82) is 0 Å². The van der Waals surface area contributed by atoms with E-state index in [1.165, 1.54) is 51.4 Å². The highest BCUT2D eigenvalue weighted by molar-refractivity contribution is 5.03. The minimum Gasteiger partial charge on any atom is -0.379 e. The number of nitrogens with zero attached hydrogens (tertiary/aromatic N) is 1. The maximum atomic E-state index is 6.23. The van der Waals surface area contributed by atoms with Crippen LogP contribution in [0.2, 0.25) is 0 Å². The fourth-order valence-electron chi connectivity index (χ4n) is 4.36. The molecule has 0 saturated heterocycles. The Morgan fingerprint density at radius 2 is 1.83 bits per heavy atom. The maximum absolute atomic E-state index is 6.23. The third-order valence-electron chi connectivity index (χ3n) is 5.24. The lowest BCUT2D eigenvalue weighted by atomic mass is 9.76. The first kappa shape index (κ1) is 14.3. The number of rotatable bonds is 5. The third-order valence-corrected chi connectivity index (χ3v) is 5.24. The van der Waals surface area contributed by atoms with E-state index in [0.29, 0.717) is 6.10 Å². The lowest BCUT2D eigenvalue weighted by Crippen LogP contribution is -2.65. The van der Waals surface area contributed by atoms with Crippen LogP contribution in [0.5, 0.6) is 0 Å². The molecule has 0 radical (unpaired) electrons. The first-order valence-corrected chi connectivity index (χ1v) is 7.78. The van der Waals surface area contributed by atoms with Gasteiger partial charge in [-0.15, -0.1) is 0 Å². The summed E-state index contributed by atoms with van der Waals surface area (Å²) < 4.78 is 5.82. The summed E-state index contributed by atoms with van der Waals surface area (Å²) in [6.07, 6.45) is 10.8. The van der Waals surface area contributed by atoms with Crippen molar-refractivity contribution in [1.82, 2.24) is 4.90 Å². The number of methoxy groups -OCH3 is 1. The molecule has 2 N–H and O–H groups in total. The van der Waals surface area contributed by atoms with Gasteiger partial charge in [-0.1, -0.05) is 32.6 Å². The molecule has 2 fully saturated rings. The molecule has 2 rings (SSSR count). The van der Waals surface area contributed by atoms with Crippen LogP contribution in [0.15, 0.2) is 0 Å². The normalized spacial score (nSPS) is 34.3. The number of hydrogen-bond acceptors (Lipinski definition) is 3. The van der Waals surface area contributed by atoms with E-state index in [9.17, 15) is 0 Å². The first-order chi connectivity index (χ1) is 8.78. The summed E-state index contributed by atoms with van der Waals surface area (Å²) in [4.78, 5) is 2.70. The van der Waals surface area contributed by atoms with Gasteiger partial charge in [0, 0.05) is 19.7 Å².